The molecule has 4 heteroatoms. The standard InChI is InChI=1S/C13H24F2N2/c1-11(2,3)17-6-4-12(5-7-17)9-13(14,15)8-10(12)16/h10H,4-9,16H2,1-3H3/t10-/m1/s1. The van der Waals surface area contributed by atoms with Gasteiger partial charge in [0, 0.05) is 24.4 Å². The molecule has 1 spiro atoms. The van der Waals surface area contributed by atoms with E-state index in [0.717, 1.165) is 25.9 Å². The summed E-state index contributed by atoms with van der Waals surface area (Å²) in [5, 5.41) is 0. The summed E-state index contributed by atoms with van der Waals surface area (Å²) in [4.78, 5) is 2.38. The fraction of sp³-hybridized carbons (Fsp3) is 1.00. The third-order valence-electron chi connectivity index (χ3n) is 4.62. The van der Waals surface area contributed by atoms with E-state index >= 15 is 0 Å². The summed E-state index contributed by atoms with van der Waals surface area (Å²) in [7, 11) is 0. The Morgan fingerprint density at radius 3 is 2.06 bits per heavy atom. The number of hydrogen-bond acceptors (Lipinski definition) is 2. The second-order valence-electron chi connectivity index (χ2n) is 6.86. The molecule has 0 amide bonds. The van der Waals surface area contributed by atoms with Crippen molar-refractivity contribution in [2.24, 2.45) is 11.1 Å². The van der Waals surface area contributed by atoms with E-state index in [1.54, 1.807) is 0 Å². The van der Waals surface area contributed by atoms with Crippen LogP contribution < -0.4 is 5.73 Å². The highest BCUT2D eigenvalue weighted by Gasteiger charge is 2.55. The minimum atomic E-state index is -2.54. The molecule has 2 nitrogen and oxygen atoms in total. The molecule has 2 N–H and O–H groups in total. The maximum atomic E-state index is 13.5. The first-order chi connectivity index (χ1) is 7.65. The van der Waals surface area contributed by atoms with Gasteiger partial charge in [-0.1, -0.05) is 0 Å². The molecule has 2 rings (SSSR count). The Hall–Kier alpha value is -0.220. The van der Waals surface area contributed by atoms with Gasteiger partial charge < -0.3 is 5.73 Å². The van der Waals surface area contributed by atoms with Crippen LogP contribution in [0.3, 0.4) is 0 Å². The third kappa shape index (κ3) is 2.48. The van der Waals surface area contributed by atoms with Crippen LogP contribution in [-0.4, -0.2) is 35.5 Å². The van der Waals surface area contributed by atoms with E-state index in [9.17, 15) is 8.78 Å². The molecule has 0 unspecified atom stereocenters. The number of piperidine rings is 1. The number of hydrogen-bond donors (Lipinski definition) is 1. The van der Waals surface area contributed by atoms with Gasteiger partial charge in [0.25, 0.3) is 0 Å². The van der Waals surface area contributed by atoms with Crippen LogP contribution in [0, 0.1) is 5.41 Å². The fourth-order valence-corrected chi connectivity index (χ4v) is 3.43. The Morgan fingerprint density at radius 1 is 1.18 bits per heavy atom. The minimum Gasteiger partial charge on any atom is -0.327 e. The molecule has 1 atom stereocenters. The highest BCUT2D eigenvalue weighted by molar-refractivity contribution is 5.04. The van der Waals surface area contributed by atoms with E-state index in [1.165, 1.54) is 0 Å². The molecular weight excluding hydrogens is 222 g/mol. The summed E-state index contributed by atoms with van der Waals surface area (Å²) in [5.41, 5.74) is 5.81. The second-order valence-corrected chi connectivity index (χ2v) is 6.86. The molecule has 0 aromatic rings. The van der Waals surface area contributed by atoms with E-state index in [2.05, 4.69) is 25.7 Å². The smallest absolute Gasteiger partial charge is 0.250 e. The lowest BCUT2D eigenvalue weighted by molar-refractivity contribution is -0.0206. The van der Waals surface area contributed by atoms with E-state index in [-0.39, 0.29) is 29.8 Å². The van der Waals surface area contributed by atoms with Crippen LogP contribution in [0.5, 0.6) is 0 Å². The van der Waals surface area contributed by atoms with Crippen LogP contribution in [0.25, 0.3) is 0 Å². The van der Waals surface area contributed by atoms with Crippen molar-refractivity contribution in [1.82, 2.24) is 4.90 Å². The average Bonchev–Trinajstić information content (AvgIpc) is 2.35. The number of nitrogens with zero attached hydrogens (tertiary/aromatic N) is 1. The normalized spacial score (nSPS) is 33.2. The van der Waals surface area contributed by atoms with Crippen LogP contribution in [0.1, 0.15) is 46.5 Å². The van der Waals surface area contributed by atoms with Gasteiger partial charge in [-0.25, -0.2) is 8.78 Å². The van der Waals surface area contributed by atoms with Gasteiger partial charge in [0.15, 0.2) is 0 Å². The van der Waals surface area contributed by atoms with Crippen LogP contribution in [0.2, 0.25) is 0 Å². The lowest BCUT2D eigenvalue weighted by Crippen LogP contribution is -2.52. The molecule has 17 heavy (non-hydrogen) atoms. The highest BCUT2D eigenvalue weighted by atomic mass is 19.3. The van der Waals surface area contributed by atoms with Crippen LogP contribution in [0.15, 0.2) is 0 Å². The maximum absolute atomic E-state index is 13.5. The molecule has 1 heterocycles. The zero-order chi connectivity index (χ0) is 12.9. The number of rotatable bonds is 0. The lowest BCUT2D eigenvalue weighted by atomic mass is 9.73. The topological polar surface area (TPSA) is 29.3 Å². The first-order valence-electron chi connectivity index (χ1n) is 6.53. The molecule has 0 aromatic carbocycles. The zero-order valence-corrected chi connectivity index (χ0v) is 11.1. The van der Waals surface area contributed by atoms with Gasteiger partial charge >= 0.3 is 0 Å². The summed E-state index contributed by atoms with van der Waals surface area (Å²) in [5.74, 6) is -2.54. The zero-order valence-electron chi connectivity index (χ0n) is 11.1. The molecule has 1 aliphatic carbocycles. The van der Waals surface area contributed by atoms with Crippen LogP contribution >= 0.6 is 0 Å². The quantitative estimate of drug-likeness (QED) is 0.712. The van der Waals surface area contributed by atoms with Crippen molar-refractivity contribution in [3.8, 4) is 0 Å². The van der Waals surface area contributed by atoms with Crippen molar-refractivity contribution in [2.75, 3.05) is 13.1 Å². The van der Waals surface area contributed by atoms with Crippen molar-refractivity contribution in [3.05, 3.63) is 0 Å². The Labute approximate surface area is 103 Å². The van der Waals surface area contributed by atoms with Gasteiger partial charge in [0.1, 0.15) is 0 Å². The summed E-state index contributed by atoms with van der Waals surface area (Å²) >= 11 is 0. The van der Waals surface area contributed by atoms with E-state index in [4.69, 9.17) is 5.73 Å². The van der Waals surface area contributed by atoms with Crippen molar-refractivity contribution in [1.29, 1.82) is 0 Å². The molecule has 1 saturated carbocycles. The summed E-state index contributed by atoms with van der Waals surface area (Å²) in [6.45, 7) is 8.32. The molecule has 1 saturated heterocycles. The number of halogens is 2. The Bertz CT molecular complexity index is 288. The minimum absolute atomic E-state index is 0.000844. The number of nitrogens with two attached hydrogens (primary N) is 1. The molecule has 0 bridgehead atoms. The monoisotopic (exact) mass is 246 g/mol. The third-order valence-corrected chi connectivity index (χ3v) is 4.62. The Morgan fingerprint density at radius 2 is 1.71 bits per heavy atom. The van der Waals surface area contributed by atoms with Crippen molar-refractivity contribution in [3.63, 3.8) is 0 Å². The molecule has 2 aliphatic rings. The van der Waals surface area contributed by atoms with Crippen LogP contribution in [-0.2, 0) is 0 Å². The molecule has 100 valence electrons. The lowest BCUT2D eigenvalue weighted by Gasteiger charge is -2.46. The van der Waals surface area contributed by atoms with E-state index < -0.39 is 5.92 Å². The molecule has 1 aliphatic heterocycles. The first-order valence-corrected chi connectivity index (χ1v) is 6.53. The van der Waals surface area contributed by atoms with Gasteiger partial charge in [0.05, 0.1) is 0 Å². The summed E-state index contributed by atoms with van der Waals surface area (Å²) < 4.78 is 26.9. The molecular formula is C13H24F2N2. The predicted molar refractivity (Wildman–Crippen MR) is 65.1 cm³/mol. The number of alkyl halides is 2. The van der Waals surface area contributed by atoms with Gasteiger partial charge in [0.2, 0.25) is 5.92 Å². The number of likely N-dealkylation sites (tertiary alicyclic amines) is 1. The molecule has 2 fully saturated rings. The van der Waals surface area contributed by atoms with Crippen molar-refractivity contribution in [2.45, 2.75) is 64.0 Å². The molecule has 0 radical (unpaired) electrons. The molecule has 0 aromatic heterocycles. The summed E-state index contributed by atoms with van der Waals surface area (Å²) in [6, 6.07) is -0.320. The SMILES string of the molecule is CC(C)(C)N1CCC2(CC1)CC(F)(F)C[C@H]2N. The average molecular weight is 246 g/mol. The van der Waals surface area contributed by atoms with Gasteiger partial charge in [-0.2, -0.15) is 0 Å². The van der Waals surface area contributed by atoms with Gasteiger partial charge in [-0.15, -0.1) is 0 Å². The second kappa shape index (κ2) is 3.89. The Balaban J connectivity index is 2.04. The van der Waals surface area contributed by atoms with Crippen LogP contribution in [0.4, 0.5) is 8.78 Å². The summed E-state index contributed by atoms with van der Waals surface area (Å²) in [6.07, 6.45) is 1.52. The van der Waals surface area contributed by atoms with Crippen molar-refractivity contribution >= 4 is 0 Å². The van der Waals surface area contributed by atoms with Gasteiger partial charge in [-0.05, 0) is 52.1 Å². The maximum Gasteiger partial charge on any atom is 0.250 e. The largest absolute Gasteiger partial charge is 0.327 e. The van der Waals surface area contributed by atoms with E-state index in [0.29, 0.717) is 0 Å². The Kier molecular flexibility index (Phi) is 3.02. The van der Waals surface area contributed by atoms with Crippen molar-refractivity contribution < 1.29 is 8.78 Å². The first kappa shape index (κ1) is 13.2. The fourth-order valence-electron chi connectivity index (χ4n) is 3.43. The van der Waals surface area contributed by atoms with Gasteiger partial charge in [-0.3, -0.25) is 4.90 Å². The highest BCUT2D eigenvalue weighted by Crippen LogP contribution is 2.52. The van der Waals surface area contributed by atoms with E-state index in [1.807, 2.05) is 0 Å². The predicted octanol–water partition coefficient (Wildman–Crippen LogP) is 2.62.